The molecule has 4 rings (SSSR count). The van der Waals surface area contributed by atoms with E-state index in [4.69, 9.17) is 4.74 Å². The highest BCUT2D eigenvalue weighted by atomic mass is 16.5. The van der Waals surface area contributed by atoms with Gasteiger partial charge in [0.15, 0.2) is 0 Å². The quantitative estimate of drug-likeness (QED) is 0.556. The summed E-state index contributed by atoms with van der Waals surface area (Å²) in [6.45, 7) is 0. The van der Waals surface area contributed by atoms with Crippen LogP contribution in [0.5, 0.6) is 5.75 Å². The van der Waals surface area contributed by atoms with E-state index in [-0.39, 0.29) is 17.7 Å². The molecule has 3 unspecified atom stereocenters. The molecule has 0 aromatic heterocycles. The number of likely N-dealkylation sites (N-methyl/N-ethyl adjacent to an activating group) is 1. The predicted octanol–water partition coefficient (Wildman–Crippen LogP) is 3.56. The second-order valence-corrected chi connectivity index (χ2v) is 8.36. The fourth-order valence-corrected chi connectivity index (χ4v) is 4.93. The van der Waals surface area contributed by atoms with Crippen LogP contribution in [0.15, 0.2) is 66.2 Å². The van der Waals surface area contributed by atoms with Crippen LogP contribution in [0.1, 0.15) is 36.8 Å². The zero-order chi connectivity index (χ0) is 22.7. The smallest absolute Gasteiger partial charge is 0.333 e. The lowest BCUT2D eigenvalue weighted by Crippen LogP contribution is -2.55. The highest BCUT2D eigenvalue weighted by molar-refractivity contribution is 5.96. The van der Waals surface area contributed by atoms with Gasteiger partial charge in [0.2, 0.25) is 0 Å². The lowest BCUT2D eigenvalue weighted by atomic mass is 9.80. The molecule has 0 spiro atoms. The van der Waals surface area contributed by atoms with E-state index in [1.54, 1.807) is 0 Å². The van der Waals surface area contributed by atoms with Crippen molar-refractivity contribution < 1.29 is 24.5 Å². The summed E-state index contributed by atoms with van der Waals surface area (Å²) in [6.07, 6.45) is 3.26. The molecule has 6 heteroatoms. The van der Waals surface area contributed by atoms with E-state index in [2.05, 4.69) is 11.8 Å². The minimum atomic E-state index is -1.25. The molecular weight excluding hydrogens is 406 g/mol. The van der Waals surface area contributed by atoms with Gasteiger partial charge in [-0.1, -0.05) is 30.0 Å². The number of hydrogen-bond donors (Lipinski definition) is 2. The molecule has 6 nitrogen and oxygen atoms in total. The van der Waals surface area contributed by atoms with Crippen molar-refractivity contribution in [3.05, 3.63) is 77.4 Å². The van der Waals surface area contributed by atoms with Crippen molar-refractivity contribution in [1.82, 2.24) is 4.90 Å². The van der Waals surface area contributed by atoms with Crippen LogP contribution < -0.4 is 4.74 Å². The van der Waals surface area contributed by atoms with Crippen LogP contribution in [0, 0.1) is 11.8 Å². The molecule has 2 aromatic rings. The molecule has 2 aromatic carbocycles. The van der Waals surface area contributed by atoms with E-state index in [1.807, 2.05) is 66.5 Å². The molecule has 0 radical (unpaired) electrons. The maximum Gasteiger partial charge on any atom is 0.333 e. The van der Waals surface area contributed by atoms with Gasteiger partial charge in [-0.25, -0.2) is 9.59 Å². The van der Waals surface area contributed by atoms with Crippen molar-refractivity contribution in [3.8, 4) is 17.6 Å². The minimum Gasteiger partial charge on any atom is -0.490 e. The summed E-state index contributed by atoms with van der Waals surface area (Å²) in [4.78, 5) is 25.2. The molecule has 32 heavy (non-hydrogen) atoms. The van der Waals surface area contributed by atoms with Gasteiger partial charge in [0.25, 0.3) is 0 Å². The van der Waals surface area contributed by atoms with Crippen molar-refractivity contribution in [1.29, 1.82) is 0 Å². The first-order chi connectivity index (χ1) is 15.4. The Bertz CT molecular complexity index is 1100. The highest BCUT2D eigenvalue weighted by Gasteiger charge is 2.54. The summed E-state index contributed by atoms with van der Waals surface area (Å²) in [5, 5.41) is 19.0. The fraction of sp³-hybridized carbons (Fsp3) is 0.308. The first-order valence-corrected chi connectivity index (χ1v) is 10.6. The largest absolute Gasteiger partial charge is 0.490 e. The van der Waals surface area contributed by atoms with Crippen LogP contribution in [-0.4, -0.2) is 51.8 Å². The lowest BCUT2D eigenvalue weighted by molar-refractivity contribution is -0.137. The number of carboxylic acid groups (broad SMARTS) is 2. The van der Waals surface area contributed by atoms with Gasteiger partial charge in [-0.3, -0.25) is 4.90 Å². The number of aliphatic carboxylic acids is 2. The van der Waals surface area contributed by atoms with E-state index in [1.165, 1.54) is 0 Å². The Morgan fingerprint density at radius 1 is 1.06 bits per heavy atom. The van der Waals surface area contributed by atoms with Crippen LogP contribution in [-0.2, 0) is 9.59 Å². The number of carboxylic acids is 2. The van der Waals surface area contributed by atoms with Crippen LogP contribution in [0.2, 0.25) is 0 Å². The van der Waals surface area contributed by atoms with Gasteiger partial charge in [-0.15, -0.1) is 0 Å². The molecule has 2 saturated heterocycles. The SMILES string of the molecule is CN1C2CCC1(/C(=C\C(=O)O)C(=O)O)CC(Oc1ccc(C#Cc3ccccc3)cc1)C2. The van der Waals surface area contributed by atoms with Crippen LogP contribution >= 0.6 is 0 Å². The highest BCUT2D eigenvalue weighted by Crippen LogP contribution is 2.48. The van der Waals surface area contributed by atoms with E-state index >= 15 is 0 Å². The van der Waals surface area contributed by atoms with Gasteiger partial charge < -0.3 is 14.9 Å². The summed E-state index contributed by atoms with van der Waals surface area (Å²) < 4.78 is 6.22. The molecular formula is C26H25NO5. The zero-order valence-electron chi connectivity index (χ0n) is 17.8. The molecule has 2 aliphatic heterocycles. The Labute approximate surface area is 187 Å². The normalized spacial score (nSPS) is 25.0. The Morgan fingerprint density at radius 2 is 1.72 bits per heavy atom. The van der Waals surface area contributed by atoms with Gasteiger partial charge in [-0.05, 0) is 62.7 Å². The summed E-state index contributed by atoms with van der Waals surface area (Å²) >= 11 is 0. The van der Waals surface area contributed by atoms with Gasteiger partial charge in [-0.2, -0.15) is 0 Å². The molecule has 2 N–H and O–H groups in total. The van der Waals surface area contributed by atoms with Crippen molar-refractivity contribution in [3.63, 3.8) is 0 Å². The Hall–Kier alpha value is -3.56. The number of hydrogen-bond acceptors (Lipinski definition) is 4. The van der Waals surface area contributed by atoms with Crippen molar-refractivity contribution in [2.24, 2.45) is 0 Å². The standard InChI is InChI=1S/C26H25NO5/c1-27-20-13-14-26(27,23(25(30)31)16-24(28)29)17-22(15-20)32-21-11-9-19(10-12-21)8-7-18-5-3-2-4-6-18/h2-6,9-12,16,20,22H,13-15,17H2,1H3,(H,28,29)(H,30,31)/b23-16-. The number of piperidine rings is 1. The monoisotopic (exact) mass is 431 g/mol. The Balaban J connectivity index is 1.50. The second-order valence-electron chi connectivity index (χ2n) is 8.36. The number of rotatable bonds is 5. The summed E-state index contributed by atoms with van der Waals surface area (Å²) in [7, 11) is 1.88. The maximum atomic E-state index is 11.9. The van der Waals surface area contributed by atoms with Crippen molar-refractivity contribution in [2.45, 2.75) is 43.4 Å². The number of nitrogens with zero attached hydrogens (tertiary/aromatic N) is 1. The number of carbonyl (C=O) groups is 2. The number of benzene rings is 2. The van der Waals surface area contributed by atoms with Crippen molar-refractivity contribution >= 4 is 11.9 Å². The molecule has 164 valence electrons. The Kier molecular flexibility index (Phi) is 6.02. The molecule has 2 bridgehead atoms. The zero-order valence-corrected chi connectivity index (χ0v) is 17.8. The molecule has 2 aliphatic rings. The lowest BCUT2D eigenvalue weighted by Gasteiger charge is -2.45. The molecule has 3 atom stereocenters. The molecule has 0 aliphatic carbocycles. The molecule has 0 amide bonds. The maximum absolute atomic E-state index is 11.9. The summed E-state index contributed by atoms with van der Waals surface area (Å²) in [5.74, 6) is 4.51. The van der Waals surface area contributed by atoms with Gasteiger partial charge in [0.05, 0.1) is 11.1 Å². The third-order valence-corrected chi connectivity index (χ3v) is 6.50. The Morgan fingerprint density at radius 3 is 2.34 bits per heavy atom. The van der Waals surface area contributed by atoms with Crippen LogP contribution in [0.3, 0.4) is 0 Å². The van der Waals surface area contributed by atoms with Gasteiger partial charge >= 0.3 is 11.9 Å². The van der Waals surface area contributed by atoms with Crippen LogP contribution in [0.25, 0.3) is 0 Å². The molecule has 2 heterocycles. The second kappa shape index (κ2) is 8.89. The average molecular weight is 431 g/mol. The van der Waals surface area contributed by atoms with Crippen LogP contribution in [0.4, 0.5) is 0 Å². The van der Waals surface area contributed by atoms with Crippen molar-refractivity contribution in [2.75, 3.05) is 7.05 Å². The van der Waals surface area contributed by atoms with Gasteiger partial charge in [0.1, 0.15) is 11.9 Å². The van der Waals surface area contributed by atoms with Gasteiger partial charge in [0, 0.05) is 29.7 Å². The number of ether oxygens (including phenoxy) is 1. The predicted molar refractivity (Wildman–Crippen MR) is 119 cm³/mol. The first kappa shape index (κ1) is 21.7. The first-order valence-electron chi connectivity index (χ1n) is 10.6. The molecule has 2 fully saturated rings. The van der Waals surface area contributed by atoms with E-state index in [0.717, 1.165) is 30.0 Å². The van der Waals surface area contributed by atoms with E-state index < -0.39 is 17.5 Å². The summed E-state index contributed by atoms with van der Waals surface area (Å²) in [6, 6.07) is 17.5. The average Bonchev–Trinajstić information content (AvgIpc) is 2.95. The molecule has 0 saturated carbocycles. The number of fused-ring (bicyclic) bond motifs is 2. The third-order valence-electron chi connectivity index (χ3n) is 6.50. The third kappa shape index (κ3) is 4.39. The summed E-state index contributed by atoms with van der Waals surface area (Å²) in [5.41, 5.74) is 0.913. The van der Waals surface area contributed by atoms with E-state index in [0.29, 0.717) is 18.6 Å². The van der Waals surface area contributed by atoms with E-state index in [9.17, 15) is 19.8 Å². The fourth-order valence-electron chi connectivity index (χ4n) is 4.93. The topological polar surface area (TPSA) is 87.1 Å². The minimum absolute atomic E-state index is 0.0742.